The number of urea groups is 1. The average molecular weight is 297 g/mol. The SMILES string of the molecule is CC(CNC(=O)c1ccc(NC(N)=O)cc1)c1ccccc1. The van der Waals surface area contributed by atoms with Crippen molar-refractivity contribution in [3.63, 3.8) is 0 Å². The number of nitrogens with one attached hydrogen (secondary N) is 2. The molecule has 0 saturated heterocycles. The minimum atomic E-state index is -0.631. The molecule has 2 aromatic carbocycles. The maximum Gasteiger partial charge on any atom is 0.316 e. The fourth-order valence-electron chi connectivity index (χ4n) is 2.09. The van der Waals surface area contributed by atoms with Gasteiger partial charge in [0, 0.05) is 17.8 Å². The van der Waals surface area contributed by atoms with Crippen LogP contribution in [0.5, 0.6) is 0 Å². The van der Waals surface area contributed by atoms with E-state index in [1.165, 1.54) is 5.56 Å². The Morgan fingerprint density at radius 2 is 1.68 bits per heavy atom. The van der Waals surface area contributed by atoms with Gasteiger partial charge in [-0.15, -0.1) is 0 Å². The van der Waals surface area contributed by atoms with Crippen LogP contribution in [0.15, 0.2) is 54.6 Å². The molecular formula is C17H19N3O2. The molecular weight excluding hydrogens is 278 g/mol. The number of hydrogen-bond acceptors (Lipinski definition) is 2. The molecule has 2 rings (SSSR count). The largest absolute Gasteiger partial charge is 0.351 e. The molecule has 1 unspecified atom stereocenters. The van der Waals surface area contributed by atoms with Crippen LogP contribution in [0.1, 0.15) is 28.8 Å². The first-order valence-corrected chi connectivity index (χ1v) is 7.06. The Labute approximate surface area is 129 Å². The normalized spacial score (nSPS) is 11.5. The molecule has 114 valence electrons. The van der Waals surface area contributed by atoms with Gasteiger partial charge in [0.2, 0.25) is 0 Å². The maximum atomic E-state index is 12.1. The van der Waals surface area contributed by atoms with E-state index in [4.69, 9.17) is 5.73 Å². The van der Waals surface area contributed by atoms with Crippen molar-refractivity contribution in [2.45, 2.75) is 12.8 Å². The lowest BCUT2D eigenvalue weighted by atomic mass is 10.0. The molecule has 0 aliphatic carbocycles. The topological polar surface area (TPSA) is 84.2 Å². The van der Waals surface area contributed by atoms with Crippen LogP contribution in [0.3, 0.4) is 0 Å². The van der Waals surface area contributed by atoms with Crippen molar-refractivity contribution in [1.82, 2.24) is 5.32 Å². The Hall–Kier alpha value is -2.82. The van der Waals surface area contributed by atoms with Crippen molar-refractivity contribution < 1.29 is 9.59 Å². The summed E-state index contributed by atoms with van der Waals surface area (Å²) in [6.07, 6.45) is 0. The van der Waals surface area contributed by atoms with Crippen LogP contribution in [-0.2, 0) is 0 Å². The zero-order valence-corrected chi connectivity index (χ0v) is 12.4. The number of rotatable bonds is 5. The van der Waals surface area contributed by atoms with Crippen molar-refractivity contribution >= 4 is 17.6 Å². The molecule has 5 nitrogen and oxygen atoms in total. The summed E-state index contributed by atoms with van der Waals surface area (Å²) < 4.78 is 0. The Bertz CT molecular complexity index is 639. The zero-order valence-electron chi connectivity index (χ0n) is 12.4. The average Bonchev–Trinajstić information content (AvgIpc) is 2.53. The second-order valence-corrected chi connectivity index (χ2v) is 5.09. The van der Waals surface area contributed by atoms with Crippen molar-refractivity contribution in [1.29, 1.82) is 0 Å². The zero-order chi connectivity index (χ0) is 15.9. The molecule has 0 radical (unpaired) electrons. The lowest BCUT2D eigenvalue weighted by Gasteiger charge is -2.13. The highest BCUT2D eigenvalue weighted by molar-refractivity contribution is 5.95. The maximum absolute atomic E-state index is 12.1. The lowest BCUT2D eigenvalue weighted by Crippen LogP contribution is -2.27. The first-order valence-electron chi connectivity index (χ1n) is 7.06. The van der Waals surface area contributed by atoms with Crippen LogP contribution in [0, 0.1) is 0 Å². The van der Waals surface area contributed by atoms with E-state index in [0.29, 0.717) is 17.8 Å². The molecule has 22 heavy (non-hydrogen) atoms. The Balaban J connectivity index is 1.90. The molecule has 0 heterocycles. The van der Waals surface area contributed by atoms with E-state index in [2.05, 4.69) is 17.6 Å². The summed E-state index contributed by atoms with van der Waals surface area (Å²) >= 11 is 0. The predicted molar refractivity (Wildman–Crippen MR) is 86.8 cm³/mol. The summed E-state index contributed by atoms with van der Waals surface area (Å²) in [5, 5.41) is 5.36. The molecule has 1 atom stereocenters. The van der Waals surface area contributed by atoms with Crippen LogP contribution >= 0.6 is 0 Å². The standard InChI is InChI=1S/C17H19N3O2/c1-12(13-5-3-2-4-6-13)11-19-16(21)14-7-9-15(10-8-14)20-17(18)22/h2-10,12H,11H2,1H3,(H,19,21)(H3,18,20,22). The van der Waals surface area contributed by atoms with Crippen molar-refractivity contribution in [2.75, 3.05) is 11.9 Å². The van der Waals surface area contributed by atoms with E-state index < -0.39 is 6.03 Å². The van der Waals surface area contributed by atoms with Gasteiger partial charge in [-0.25, -0.2) is 4.79 Å². The highest BCUT2D eigenvalue weighted by Gasteiger charge is 2.09. The number of primary amides is 1. The molecule has 0 aliphatic rings. The first kappa shape index (κ1) is 15.6. The Morgan fingerprint density at radius 1 is 1.05 bits per heavy atom. The summed E-state index contributed by atoms with van der Waals surface area (Å²) in [4.78, 5) is 22.8. The number of carbonyl (C=O) groups excluding carboxylic acids is 2. The number of benzene rings is 2. The second-order valence-electron chi connectivity index (χ2n) is 5.09. The molecule has 0 aliphatic heterocycles. The third kappa shape index (κ3) is 4.34. The third-order valence-corrected chi connectivity index (χ3v) is 3.35. The molecule has 4 N–H and O–H groups in total. The van der Waals surface area contributed by atoms with Crippen LogP contribution in [0.25, 0.3) is 0 Å². The van der Waals surface area contributed by atoms with Crippen LogP contribution in [0.2, 0.25) is 0 Å². The second kappa shape index (κ2) is 7.26. The summed E-state index contributed by atoms with van der Waals surface area (Å²) in [6.45, 7) is 2.62. The van der Waals surface area contributed by atoms with E-state index in [1.807, 2.05) is 30.3 Å². The van der Waals surface area contributed by atoms with Crippen LogP contribution < -0.4 is 16.4 Å². The number of carbonyl (C=O) groups is 2. The molecule has 0 bridgehead atoms. The summed E-state index contributed by atoms with van der Waals surface area (Å²) in [7, 11) is 0. The fraction of sp³-hybridized carbons (Fsp3) is 0.176. The molecule has 0 spiro atoms. The summed E-state index contributed by atoms with van der Waals surface area (Å²) in [6, 6.07) is 16.0. The van der Waals surface area contributed by atoms with Gasteiger partial charge in [-0.05, 0) is 35.7 Å². The van der Waals surface area contributed by atoms with E-state index in [-0.39, 0.29) is 11.8 Å². The molecule has 0 aromatic heterocycles. The fourth-order valence-corrected chi connectivity index (χ4v) is 2.09. The van der Waals surface area contributed by atoms with Crippen LogP contribution in [-0.4, -0.2) is 18.5 Å². The van der Waals surface area contributed by atoms with Gasteiger partial charge in [0.1, 0.15) is 0 Å². The van der Waals surface area contributed by atoms with Crippen molar-refractivity contribution in [3.8, 4) is 0 Å². The molecule has 0 saturated carbocycles. The van der Waals surface area contributed by atoms with Gasteiger partial charge in [-0.3, -0.25) is 4.79 Å². The molecule has 2 aromatic rings. The van der Waals surface area contributed by atoms with Gasteiger partial charge in [-0.1, -0.05) is 37.3 Å². The van der Waals surface area contributed by atoms with Crippen LogP contribution in [0.4, 0.5) is 10.5 Å². The molecule has 0 fully saturated rings. The monoisotopic (exact) mass is 297 g/mol. The molecule has 5 heteroatoms. The van der Waals surface area contributed by atoms with E-state index in [1.54, 1.807) is 24.3 Å². The summed E-state index contributed by atoms with van der Waals surface area (Å²) in [5.41, 5.74) is 7.31. The van der Waals surface area contributed by atoms with E-state index in [0.717, 1.165) is 0 Å². The summed E-state index contributed by atoms with van der Waals surface area (Å²) in [5.74, 6) is 0.0920. The number of anilines is 1. The van der Waals surface area contributed by atoms with E-state index in [9.17, 15) is 9.59 Å². The van der Waals surface area contributed by atoms with Gasteiger partial charge in [0.15, 0.2) is 0 Å². The Morgan fingerprint density at radius 3 is 2.27 bits per heavy atom. The smallest absolute Gasteiger partial charge is 0.316 e. The quantitative estimate of drug-likeness (QED) is 0.792. The predicted octanol–water partition coefficient (Wildman–Crippen LogP) is 2.71. The first-order chi connectivity index (χ1) is 10.6. The highest BCUT2D eigenvalue weighted by atomic mass is 16.2. The minimum Gasteiger partial charge on any atom is -0.351 e. The van der Waals surface area contributed by atoms with Crippen molar-refractivity contribution in [3.05, 3.63) is 65.7 Å². The van der Waals surface area contributed by atoms with Gasteiger partial charge < -0.3 is 16.4 Å². The van der Waals surface area contributed by atoms with Crippen molar-refractivity contribution in [2.24, 2.45) is 5.73 Å². The van der Waals surface area contributed by atoms with Gasteiger partial charge in [-0.2, -0.15) is 0 Å². The Kier molecular flexibility index (Phi) is 5.14. The highest BCUT2D eigenvalue weighted by Crippen LogP contribution is 2.14. The number of nitrogens with two attached hydrogens (primary N) is 1. The van der Waals surface area contributed by atoms with Gasteiger partial charge >= 0.3 is 6.03 Å². The lowest BCUT2D eigenvalue weighted by molar-refractivity contribution is 0.0951. The number of amides is 3. The van der Waals surface area contributed by atoms with Gasteiger partial charge in [0.05, 0.1) is 0 Å². The van der Waals surface area contributed by atoms with E-state index >= 15 is 0 Å². The number of hydrogen-bond donors (Lipinski definition) is 3. The van der Waals surface area contributed by atoms with Gasteiger partial charge in [0.25, 0.3) is 5.91 Å². The molecule has 3 amide bonds. The third-order valence-electron chi connectivity index (χ3n) is 3.35. The minimum absolute atomic E-state index is 0.145.